The van der Waals surface area contributed by atoms with Crippen molar-refractivity contribution in [3.8, 4) is 0 Å². The first-order valence-corrected chi connectivity index (χ1v) is 8.34. The van der Waals surface area contributed by atoms with E-state index < -0.39 is 0 Å². The van der Waals surface area contributed by atoms with Gasteiger partial charge in [-0.1, -0.05) is 0 Å². The van der Waals surface area contributed by atoms with Gasteiger partial charge in [0.15, 0.2) is 0 Å². The van der Waals surface area contributed by atoms with Crippen molar-refractivity contribution in [2.24, 2.45) is 0 Å². The lowest BCUT2D eigenvalue weighted by molar-refractivity contribution is 0.222. The number of urea groups is 1. The minimum absolute atomic E-state index is 0.0355. The van der Waals surface area contributed by atoms with Crippen LogP contribution in [-0.2, 0) is 6.42 Å². The number of carbonyl (C=O) groups excluding carboxylic acids is 1. The molecule has 2 N–H and O–H groups in total. The molecule has 2 amide bonds. The lowest BCUT2D eigenvalue weighted by Crippen LogP contribution is -2.53. The van der Waals surface area contributed by atoms with Crippen LogP contribution in [0.15, 0.2) is 12.3 Å². The average Bonchev–Trinajstić information content (AvgIpc) is 3.09. The van der Waals surface area contributed by atoms with Crippen LogP contribution in [0.1, 0.15) is 24.8 Å². The molecule has 22 heavy (non-hydrogen) atoms. The van der Waals surface area contributed by atoms with Crippen molar-refractivity contribution < 1.29 is 4.79 Å². The molecule has 3 aliphatic rings. The topological polar surface area (TPSA) is 60.5 Å². The van der Waals surface area contributed by atoms with E-state index in [1.165, 1.54) is 5.56 Å². The van der Waals surface area contributed by atoms with E-state index in [-0.39, 0.29) is 6.03 Å². The van der Waals surface area contributed by atoms with Crippen LogP contribution in [0.4, 0.5) is 16.3 Å². The fourth-order valence-electron chi connectivity index (χ4n) is 3.82. The van der Waals surface area contributed by atoms with Crippen LogP contribution < -0.4 is 15.5 Å². The fraction of sp³-hybridized carbons (Fsp3) is 0.625. The second-order valence-corrected chi connectivity index (χ2v) is 6.37. The fourth-order valence-corrected chi connectivity index (χ4v) is 3.82. The van der Waals surface area contributed by atoms with Crippen molar-refractivity contribution in [2.45, 2.75) is 31.7 Å². The van der Waals surface area contributed by atoms with Crippen molar-refractivity contribution in [2.75, 3.05) is 42.9 Å². The standard InChI is InChI=1S/C16H23N5O/c22-16(20-8-1-2-9-20)19-14-5-6-18-15-13(14)4-3-12-11-17-7-10-21(12)15/h5-6,12,17H,1-4,7-11H2,(H,18,19,22). The zero-order valence-electron chi connectivity index (χ0n) is 12.8. The van der Waals surface area contributed by atoms with Gasteiger partial charge in [0, 0.05) is 50.5 Å². The number of piperazine rings is 1. The van der Waals surface area contributed by atoms with Gasteiger partial charge in [0.2, 0.25) is 0 Å². The Morgan fingerprint density at radius 3 is 3.05 bits per heavy atom. The average molecular weight is 301 g/mol. The SMILES string of the molecule is O=C(Nc1ccnc2c1CCC1CNCCN21)N1CCCC1. The highest BCUT2D eigenvalue weighted by Gasteiger charge is 2.31. The number of hydrogen-bond acceptors (Lipinski definition) is 4. The maximum absolute atomic E-state index is 12.4. The number of pyridine rings is 1. The van der Waals surface area contributed by atoms with Crippen molar-refractivity contribution in [1.29, 1.82) is 0 Å². The molecule has 1 unspecified atom stereocenters. The van der Waals surface area contributed by atoms with E-state index in [0.717, 1.165) is 69.9 Å². The molecule has 0 bridgehead atoms. The lowest BCUT2D eigenvalue weighted by Gasteiger charge is -2.41. The Balaban J connectivity index is 1.58. The first-order valence-electron chi connectivity index (χ1n) is 8.34. The molecule has 0 aliphatic carbocycles. The Labute approximate surface area is 130 Å². The molecular formula is C16H23N5O. The molecule has 0 aromatic carbocycles. The second-order valence-electron chi connectivity index (χ2n) is 6.37. The summed E-state index contributed by atoms with van der Waals surface area (Å²) in [6.45, 7) is 4.78. The van der Waals surface area contributed by atoms with Crippen LogP contribution in [0, 0.1) is 0 Å². The Morgan fingerprint density at radius 2 is 2.18 bits per heavy atom. The summed E-state index contributed by atoms with van der Waals surface area (Å²) in [6.07, 6.45) is 6.16. The van der Waals surface area contributed by atoms with E-state index in [1.54, 1.807) is 0 Å². The zero-order chi connectivity index (χ0) is 14.9. The Hall–Kier alpha value is -1.82. The van der Waals surface area contributed by atoms with Crippen LogP contribution in [0.2, 0.25) is 0 Å². The minimum atomic E-state index is 0.0355. The van der Waals surface area contributed by atoms with E-state index in [2.05, 4.69) is 20.5 Å². The van der Waals surface area contributed by atoms with Gasteiger partial charge >= 0.3 is 6.03 Å². The van der Waals surface area contributed by atoms with E-state index in [0.29, 0.717) is 6.04 Å². The molecule has 4 heterocycles. The van der Waals surface area contributed by atoms with Crippen LogP contribution in [0.5, 0.6) is 0 Å². The summed E-state index contributed by atoms with van der Waals surface area (Å²) in [4.78, 5) is 21.3. The highest BCUT2D eigenvalue weighted by atomic mass is 16.2. The highest BCUT2D eigenvalue weighted by molar-refractivity contribution is 5.91. The monoisotopic (exact) mass is 301 g/mol. The molecule has 1 atom stereocenters. The number of rotatable bonds is 1. The number of anilines is 2. The van der Waals surface area contributed by atoms with Gasteiger partial charge in [-0.2, -0.15) is 0 Å². The number of nitrogens with zero attached hydrogens (tertiary/aromatic N) is 3. The molecule has 0 spiro atoms. The van der Waals surface area contributed by atoms with Gasteiger partial charge in [0.1, 0.15) is 5.82 Å². The van der Waals surface area contributed by atoms with Gasteiger partial charge in [-0.15, -0.1) is 0 Å². The van der Waals surface area contributed by atoms with Crippen LogP contribution in [0.25, 0.3) is 0 Å². The first-order chi connectivity index (χ1) is 10.8. The van der Waals surface area contributed by atoms with E-state index in [1.807, 2.05) is 17.2 Å². The minimum Gasteiger partial charge on any atom is -0.351 e. The van der Waals surface area contributed by atoms with Gasteiger partial charge in [-0.05, 0) is 31.7 Å². The maximum Gasteiger partial charge on any atom is 0.321 e. The summed E-state index contributed by atoms with van der Waals surface area (Å²) in [5.41, 5.74) is 2.15. The van der Waals surface area contributed by atoms with Crippen molar-refractivity contribution in [3.05, 3.63) is 17.8 Å². The summed E-state index contributed by atoms with van der Waals surface area (Å²) >= 11 is 0. The van der Waals surface area contributed by atoms with Gasteiger partial charge in [0.25, 0.3) is 0 Å². The van der Waals surface area contributed by atoms with Gasteiger partial charge in [-0.25, -0.2) is 9.78 Å². The maximum atomic E-state index is 12.4. The van der Waals surface area contributed by atoms with Crippen LogP contribution >= 0.6 is 0 Å². The number of amides is 2. The van der Waals surface area contributed by atoms with Crippen molar-refractivity contribution in [3.63, 3.8) is 0 Å². The Morgan fingerprint density at radius 1 is 1.32 bits per heavy atom. The third kappa shape index (κ3) is 2.41. The molecule has 1 aromatic heterocycles. The molecule has 4 rings (SSSR count). The molecule has 6 nitrogen and oxygen atoms in total. The van der Waals surface area contributed by atoms with Crippen LogP contribution in [0.3, 0.4) is 0 Å². The lowest BCUT2D eigenvalue weighted by atomic mass is 9.96. The second kappa shape index (κ2) is 5.76. The van der Waals surface area contributed by atoms with Gasteiger partial charge < -0.3 is 20.4 Å². The third-order valence-electron chi connectivity index (χ3n) is 5.02. The molecule has 3 aliphatic heterocycles. The summed E-state index contributed by atoms with van der Waals surface area (Å²) in [7, 11) is 0. The summed E-state index contributed by atoms with van der Waals surface area (Å²) < 4.78 is 0. The predicted molar refractivity (Wildman–Crippen MR) is 86.4 cm³/mol. The molecule has 0 saturated carbocycles. The molecule has 0 radical (unpaired) electrons. The number of fused-ring (bicyclic) bond motifs is 3. The van der Waals surface area contributed by atoms with Gasteiger partial charge in [0.05, 0.1) is 5.69 Å². The largest absolute Gasteiger partial charge is 0.351 e. The number of hydrogen-bond donors (Lipinski definition) is 2. The molecular weight excluding hydrogens is 278 g/mol. The summed E-state index contributed by atoms with van der Waals surface area (Å²) in [6, 6.07) is 2.52. The smallest absolute Gasteiger partial charge is 0.321 e. The first kappa shape index (κ1) is 13.8. The number of aromatic nitrogens is 1. The van der Waals surface area contributed by atoms with Crippen molar-refractivity contribution in [1.82, 2.24) is 15.2 Å². The van der Waals surface area contributed by atoms with E-state index >= 15 is 0 Å². The highest BCUT2D eigenvalue weighted by Crippen LogP contribution is 2.34. The molecule has 2 saturated heterocycles. The normalized spacial score (nSPS) is 23.9. The number of carbonyl (C=O) groups is 1. The van der Waals surface area contributed by atoms with Crippen LogP contribution in [-0.4, -0.2) is 54.7 Å². The van der Waals surface area contributed by atoms with E-state index in [4.69, 9.17) is 0 Å². The molecule has 1 aromatic rings. The van der Waals surface area contributed by atoms with Gasteiger partial charge in [-0.3, -0.25) is 0 Å². The molecule has 2 fully saturated rings. The number of likely N-dealkylation sites (tertiary alicyclic amines) is 1. The van der Waals surface area contributed by atoms with Crippen molar-refractivity contribution >= 4 is 17.5 Å². The Bertz CT molecular complexity index is 570. The predicted octanol–water partition coefficient (Wildman–Crippen LogP) is 1.43. The molecule has 6 heteroatoms. The Kier molecular flexibility index (Phi) is 3.62. The zero-order valence-corrected chi connectivity index (χ0v) is 12.8. The summed E-state index contributed by atoms with van der Waals surface area (Å²) in [5, 5.41) is 6.57. The third-order valence-corrected chi connectivity index (χ3v) is 5.02. The quantitative estimate of drug-likeness (QED) is 0.824. The summed E-state index contributed by atoms with van der Waals surface area (Å²) in [5.74, 6) is 1.07. The van der Waals surface area contributed by atoms with E-state index in [9.17, 15) is 4.79 Å². The molecule has 118 valence electrons. The number of nitrogens with one attached hydrogen (secondary N) is 2.